The molecular weight excluding hydrogens is 232 g/mol. The van der Waals surface area contributed by atoms with Gasteiger partial charge in [0.2, 0.25) is 0 Å². The van der Waals surface area contributed by atoms with Crippen LogP contribution < -0.4 is 0 Å². The topological polar surface area (TPSA) is 64.3 Å². The molecule has 2 heterocycles. The third kappa shape index (κ3) is 2.27. The largest absolute Gasteiger partial charge is 0.481 e. The SMILES string of the molecule is Cn1cc(C2OCCC2C(=O)O)c(C(C)(C)C)n1. The van der Waals surface area contributed by atoms with E-state index >= 15 is 0 Å². The highest BCUT2D eigenvalue weighted by molar-refractivity contribution is 5.71. The Morgan fingerprint density at radius 2 is 2.22 bits per heavy atom. The average Bonchev–Trinajstić information content (AvgIpc) is 2.80. The van der Waals surface area contributed by atoms with Crippen molar-refractivity contribution in [2.24, 2.45) is 13.0 Å². The maximum Gasteiger partial charge on any atom is 0.309 e. The van der Waals surface area contributed by atoms with E-state index in [1.54, 1.807) is 4.68 Å². The second kappa shape index (κ2) is 4.39. The lowest BCUT2D eigenvalue weighted by Crippen LogP contribution is -2.21. The highest BCUT2D eigenvalue weighted by Gasteiger charge is 2.39. The first-order valence-electron chi connectivity index (χ1n) is 6.19. The summed E-state index contributed by atoms with van der Waals surface area (Å²) in [6.45, 7) is 6.72. The third-order valence-electron chi connectivity index (χ3n) is 3.28. The molecule has 2 atom stereocenters. The lowest BCUT2D eigenvalue weighted by atomic mass is 9.85. The second-order valence-corrected chi connectivity index (χ2v) is 5.88. The van der Waals surface area contributed by atoms with Gasteiger partial charge in [-0.3, -0.25) is 9.48 Å². The van der Waals surface area contributed by atoms with Gasteiger partial charge in [0.1, 0.15) is 0 Å². The lowest BCUT2D eigenvalue weighted by Gasteiger charge is -2.21. The van der Waals surface area contributed by atoms with Crippen molar-refractivity contribution in [2.75, 3.05) is 6.61 Å². The first kappa shape index (κ1) is 13.1. The smallest absolute Gasteiger partial charge is 0.309 e. The number of hydrogen-bond donors (Lipinski definition) is 1. The number of aryl methyl sites for hydroxylation is 1. The molecule has 0 amide bonds. The molecule has 1 aliphatic rings. The average molecular weight is 252 g/mol. The van der Waals surface area contributed by atoms with Gasteiger partial charge in [-0.15, -0.1) is 0 Å². The summed E-state index contributed by atoms with van der Waals surface area (Å²) in [6.07, 6.45) is 2.08. The van der Waals surface area contributed by atoms with Gasteiger partial charge in [0.05, 0.1) is 17.7 Å². The van der Waals surface area contributed by atoms with Gasteiger partial charge in [-0.05, 0) is 6.42 Å². The lowest BCUT2D eigenvalue weighted by molar-refractivity contribution is -0.143. The van der Waals surface area contributed by atoms with Crippen molar-refractivity contribution in [1.29, 1.82) is 0 Å². The molecule has 2 rings (SSSR count). The van der Waals surface area contributed by atoms with Gasteiger partial charge in [0, 0.05) is 30.8 Å². The number of carboxylic acid groups (broad SMARTS) is 1. The Morgan fingerprint density at radius 3 is 2.78 bits per heavy atom. The number of rotatable bonds is 2. The summed E-state index contributed by atoms with van der Waals surface area (Å²) in [6, 6.07) is 0. The van der Waals surface area contributed by atoms with E-state index in [0.29, 0.717) is 13.0 Å². The van der Waals surface area contributed by atoms with Crippen LogP contribution in [-0.2, 0) is 22.0 Å². The van der Waals surface area contributed by atoms with Gasteiger partial charge in [0.15, 0.2) is 0 Å². The molecule has 0 bridgehead atoms. The van der Waals surface area contributed by atoms with E-state index in [1.165, 1.54) is 0 Å². The number of carboxylic acids is 1. The molecule has 2 unspecified atom stereocenters. The number of hydrogen-bond acceptors (Lipinski definition) is 3. The monoisotopic (exact) mass is 252 g/mol. The minimum atomic E-state index is -0.791. The van der Waals surface area contributed by atoms with Gasteiger partial charge in [-0.25, -0.2) is 0 Å². The molecule has 1 N–H and O–H groups in total. The minimum absolute atomic E-state index is 0.119. The second-order valence-electron chi connectivity index (χ2n) is 5.88. The van der Waals surface area contributed by atoms with E-state index in [2.05, 4.69) is 25.9 Å². The molecule has 0 aromatic carbocycles. The summed E-state index contributed by atoms with van der Waals surface area (Å²) in [5.74, 6) is -1.25. The Bertz CT molecular complexity index is 459. The Balaban J connectivity index is 2.41. The maximum absolute atomic E-state index is 11.2. The van der Waals surface area contributed by atoms with E-state index in [1.807, 2.05) is 13.2 Å². The van der Waals surface area contributed by atoms with Crippen LogP contribution in [0.5, 0.6) is 0 Å². The van der Waals surface area contributed by atoms with Gasteiger partial charge >= 0.3 is 5.97 Å². The highest BCUT2D eigenvalue weighted by atomic mass is 16.5. The molecule has 0 saturated carbocycles. The molecule has 18 heavy (non-hydrogen) atoms. The van der Waals surface area contributed by atoms with Crippen LogP contribution in [-0.4, -0.2) is 27.5 Å². The van der Waals surface area contributed by atoms with Crippen molar-refractivity contribution in [3.63, 3.8) is 0 Å². The van der Waals surface area contributed by atoms with Crippen molar-refractivity contribution >= 4 is 5.97 Å². The van der Waals surface area contributed by atoms with Gasteiger partial charge in [-0.2, -0.15) is 5.10 Å². The van der Waals surface area contributed by atoms with Gasteiger partial charge < -0.3 is 9.84 Å². The van der Waals surface area contributed by atoms with Gasteiger partial charge in [-0.1, -0.05) is 20.8 Å². The Hall–Kier alpha value is -1.36. The number of aromatic nitrogens is 2. The molecule has 1 aromatic heterocycles. The molecule has 0 spiro atoms. The summed E-state index contributed by atoms with van der Waals surface area (Å²) in [5, 5.41) is 13.7. The molecule has 1 aromatic rings. The normalized spacial score (nSPS) is 24.4. The molecule has 100 valence electrons. The number of carbonyl (C=O) groups is 1. The van der Waals surface area contributed by atoms with Crippen LogP contribution >= 0.6 is 0 Å². The minimum Gasteiger partial charge on any atom is -0.481 e. The van der Waals surface area contributed by atoms with Crippen LogP contribution in [0.2, 0.25) is 0 Å². The molecule has 0 aliphatic carbocycles. The van der Waals surface area contributed by atoms with Crippen molar-refractivity contribution < 1.29 is 14.6 Å². The summed E-state index contributed by atoms with van der Waals surface area (Å²) < 4.78 is 7.36. The zero-order chi connectivity index (χ0) is 13.5. The molecule has 1 saturated heterocycles. The Kier molecular flexibility index (Phi) is 3.19. The Morgan fingerprint density at radius 1 is 1.56 bits per heavy atom. The molecular formula is C13H20N2O3. The van der Waals surface area contributed by atoms with E-state index in [4.69, 9.17) is 4.74 Å². The first-order chi connectivity index (χ1) is 8.30. The Labute approximate surface area is 107 Å². The van der Waals surface area contributed by atoms with E-state index in [9.17, 15) is 9.90 Å². The molecule has 5 heteroatoms. The first-order valence-corrected chi connectivity index (χ1v) is 6.19. The van der Waals surface area contributed by atoms with Crippen LogP contribution in [0, 0.1) is 5.92 Å². The van der Waals surface area contributed by atoms with Crippen LogP contribution in [0.15, 0.2) is 6.20 Å². The standard InChI is InChI=1S/C13H20N2O3/c1-13(2,3)11-9(7-15(4)14-11)10-8(12(16)17)5-6-18-10/h7-8,10H,5-6H2,1-4H3,(H,16,17). The maximum atomic E-state index is 11.2. The number of aliphatic carboxylic acids is 1. The van der Waals surface area contributed by atoms with Gasteiger partial charge in [0.25, 0.3) is 0 Å². The van der Waals surface area contributed by atoms with Crippen molar-refractivity contribution in [1.82, 2.24) is 9.78 Å². The predicted molar refractivity (Wildman–Crippen MR) is 66.3 cm³/mol. The molecule has 1 fully saturated rings. The van der Waals surface area contributed by atoms with Crippen molar-refractivity contribution in [3.05, 3.63) is 17.5 Å². The van der Waals surface area contributed by atoms with Crippen LogP contribution in [0.3, 0.4) is 0 Å². The summed E-state index contributed by atoms with van der Waals surface area (Å²) >= 11 is 0. The zero-order valence-corrected chi connectivity index (χ0v) is 11.3. The fourth-order valence-electron chi connectivity index (χ4n) is 2.45. The van der Waals surface area contributed by atoms with Crippen LogP contribution in [0.1, 0.15) is 44.6 Å². The molecule has 5 nitrogen and oxygen atoms in total. The quantitative estimate of drug-likeness (QED) is 0.872. The fraction of sp³-hybridized carbons (Fsp3) is 0.692. The van der Waals surface area contributed by atoms with E-state index < -0.39 is 11.9 Å². The summed E-state index contributed by atoms with van der Waals surface area (Å²) in [5.41, 5.74) is 1.71. The highest BCUT2D eigenvalue weighted by Crippen LogP contribution is 2.39. The number of ether oxygens (including phenoxy) is 1. The third-order valence-corrected chi connectivity index (χ3v) is 3.28. The zero-order valence-electron chi connectivity index (χ0n) is 11.3. The molecule has 0 radical (unpaired) electrons. The molecule has 1 aliphatic heterocycles. The van der Waals surface area contributed by atoms with E-state index in [0.717, 1.165) is 11.3 Å². The van der Waals surface area contributed by atoms with Crippen LogP contribution in [0.4, 0.5) is 0 Å². The van der Waals surface area contributed by atoms with E-state index in [-0.39, 0.29) is 11.5 Å². The van der Waals surface area contributed by atoms with Crippen LogP contribution in [0.25, 0.3) is 0 Å². The van der Waals surface area contributed by atoms with Crippen molar-refractivity contribution in [2.45, 2.75) is 38.7 Å². The number of nitrogens with zero attached hydrogens (tertiary/aromatic N) is 2. The predicted octanol–water partition coefficient (Wildman–Crippen LogP) is 1.88. The van der Waals surface area contributed by atoms with Crippen molar-refractivity contribution in [3.8, 4) is 0 Å². The summed E-state index contributed by atoms with van der Waals surface area (Å²) in [4.78, 5) is 11.2. The fourth-order valence-corrected chi connectivity index (χ4v) is 2.45. The summed E-state index contributed by atoms with van der Waals surface area (Å²) in [7, 11) is 1.85.